The van der Waals surface area contributed by atoms with Crippen molar-refractivity contribution in [1.82, 2.24) is 4.90 Å². The molecule has 0 radical (unpaired) electrons. The van der Waals surface area contributed by atoms with E-state index in [1.165, 1.54) is 29.1 Å². The summed E-state index contributed by atoms with van der Waals surface area (Å²) < 4.78 is 22.8. The van der Waals surface area contributed by atoms with Crippen molar-refractivity contribution in [2.75, 3.05) is 11.9 Å². The zero-order valence-corrected chi connectivity index (χ0v) is 17.7. The Morgan fingerprint density at radius 1 is 1.03 bits per heavy atom. The molecule has 152 valence electrons. The molecular weight excluding hydrogens is 406 g/mol. The molecule has 0 saturated heterocycles. The van der Waals surface area contributed by atoms with Gasteiger partial charge in [-0.05, 0) is 55.3 Å². The van der Waals surface area contributed by atoms with E-state index in [0.717, 1.165) is 16.9 Å². The van der Waals surface area contributed by atoms with Crippen LogP contribution in [0.3, 0.4) is 0 Å². The normalized spacial score (nSPS) is 11.2. The third-order valence-corrected chi connectivity index (χ3v) is 6.29. The molecule has 2 aromatic carbocycles. The Hall–Kier alpha value is -2.68. The van der Waals surface area contributed by atoms with Crippen molar-refractivity contribution < 1.29 is 13.2 Å². The highest BCUT2D eigenvalue weighted by atomic mass is 32.2. The Morgan fingerprint density at radius 2 is 1.72 bits per heavy atom. The summed E-state index contributed by atoms with van der Waals surface area (Å²) in [6, 6.07) is 19.7. The smallest absolute Gasteiger partial charge is 0.319 e. The summed E-state index contributed by atoms with van der Waals surface area (Å²) in [5.74, 6) is 0. The van der Waals surface area contributed by atoms with Gasteiger partial charge in [0.15, 0.2) is 0 Å². The van der Waals surface area contributed by atoms with Gasteiger partial charge in [-0.2, -0.15) is 0 Å². The minimum atomic E-state index is -3.76. The maximum absolute atomic E-state index is 12.9. The second-order valence-corrected chi connectivity index (χ2v) is 9.60. The molecule has 3 N–H and O–H groups in total. The number of urea groups is 1. The van der Waals surface area contributed by atoms with Gasteiger partial charge in [-0.3, -0.25) is 0 Å². The summed E-state index contributed by atoms with van der Waals surface area (Å²) in [5.41, 5.74) is 1.67. The second-order valence-electron chi connectivity index (χ2n) is 6.67. The molecule has 0 fully saturated rings. The highest BCUT2D eigenvalue weighted by Crippen LogP contribution is 2.19. The van der Waals surface area contributed by atoms with Crippen LogP contribution in [0.1, 0.15) is 15.3 Å². The van der Waals surface area contributed by atoms with Crippen LogP contribution in [0.2, 0.25) is 0 Å². The van der Waals surface area contributed by atoms with E-state index >= 15 is 0 Å². The van der Waals surface area contributed by atoms with E-state index in [1.807, 2.05) is 49.4 Å². The SMILES string of the molecule is Cc1ccc(CN(CCc2ccccc2)C(=O)Nc2ccc(S(N)(=O)=O)cc2)s1. The lowest BCUT2D eigenvalue weighted by Crippen LogP contribution is -2.35. The molecule has 6 nitrogen and oxygen atoms in total. The summed E-state index contributed by atoms with van der Waals surface area (Å²) in [4.78, 5) is 17.0. The summed E-state index contributed by atoms with van der Waals surface area (Å²) >= 11 is 1.66. The van der Waals surface area contributed by atoms with Gasteiger partial charge in [-0.25, -0.2) is 18.4 Å². The third kappa shape index (κ3) is 6.15. The van der Waals surface area contributed by atoms with E-state index in [1.54, 1.807) is 16.2 Å². The quantitative estimate of drug-likeness (QED) is 0.595. The molecule has 0 saturated carbocycles. The summed E-state index contributed by atoms with van der Waals surface area (Å²) in [6.45, 7) is 3.10. The zero-order chi connectivity index (χ0) is 20.9. The number of amides is 2. The van der Waals surface area contributed by atoms with Gasteiger partial charge in [0.2, 0.25) is 10.0 Å². The summed E-state index contributed by atoms with van der Waals surface area (Å²) in [5, 5.41) is 7.96. The number of hydrogen-bond donors (Lipinski definition) is 2. The minimum absolute atomic E-state index is 0.00509. The number of hydrogen-bond acceptors (Lipinski definition) is 4. The Morgan fingerprint density at radius 3 is 2.31 bits per heavy atom. The van der Waals surface area contributed by atoms with Crippen molar-refractivity contribution in [2.24, 2.45) is 5.14 Å². The highest BCUT2D eigenvalue weighted by Gasteiger charge is 2.16. The number of sulfonamides is 1. The van der Waals surface area contributed by atoms with Gasteiger partial charge in [0.25, 0.3) is 0 Å². The fourth-order valence-electron chi connectivity index (χ4n) is 2.85. The average Bonchev–Trinajstić information content (AvgIpc) is 3.10. The van der Waals surface area contributed by atoms with Crippen LogP contribution >= 0.6 is 11.3 Å². The van der Waals surface area contributed by atoms with Gasteiger partial charge in [0.1, 0.15) is 0 Å². The van der Waals surface area contributed by atoms with Crippen LogP contribution in [0.15, 0.2) is 71.6 Å². The number of carbonyl (C=O) groups is 1. The van der Waals surface area contributed by atoms with Crippen LogP contribution in [-0.2, 0) is 23.0 Å². The number of rotatable bonds is 7. The number of anilines is 1. The Labute approximate surface area is 175 Å². The second kappa shape index (κ2) is 9.21. The van der Waals surface area contributed by atoms with Crippen molar-refractivity contribution in [2.45, 2.75) is 24.8 Å². The monoisotopic (exact) mass is 429 g/mol. The molecule has 0 bridgehead atoms. The van der Waals surface area contributed by atoms with E-state index in [0.29, 0.717) is 18.8 Å². The van der Waals surface area contributed by atoms with Gasteiger partial charge < -0.3 is 10.2 Å². The summed E-state index contributed by atoms with van der Waals surface area (Å²) in [7, 11) is -3.76. The largest absolute Gasteiger partial charge is 0.322 e. The lowest BCUT2D eigenvalue weighted by Gasteiger charge is -2.23. The number of nitrogens with two attached hydrogens (primary N) is 1. The molecule has 0 unspecified atom stereocenters. The molecule has 0 spiro atoms. The number of thiophene rings is 1. The molecular formula is C21H23N3O3S2. The van der Waals surface area contributed by atoms with E-state index in [2.05, 4.69) is 5.32 Å². The fraction of sp³-hybridized carbons (Fsp3) is 0.190. The zero-order valence-electron chi connectivity index (χ0n) is 16.0. The molecule has 29 heavy (non-hydrogen) atoms. The Bertz CT molecular complexity index is 1060. The summed E-state index contributed by atoms with van der Waals surface area (Å²) in [6.07, 6.45) is 0.739. The molecule has 1 heterocycles. The molecule has 1 aromatic heterocycles. The molecule has 2 amide bonds. The van der Waals surface area contributed by atoms with Gasteiger partial charge in [-0.15, -0.1) is 11.3 Å². The first-order valence-electron chi connectivity index (χ1n) is 9.09. The minimum Gasteiger partial charge on any atom is -0.319 e. The van der Waals surface area contributed by atoms with Gasteiger partial charge in [0, 0.05) is 22.0 Å². The molecule has 3 aromatic rings. The number of primary sulfonamides is 1. The number of nitrogens with zero attached hydrogens (tertiary/aromatic N) is 1. The lowest BCUT2D eigenvalue weighted by molar-refractivity contribution is 0.210. The van der Waals surface area contributed by atoms with Crippen LogP contribution < -0.4 is 10.5 Å². The lowest BCUT2D eigenvalue weighted by atomic mass is 10.1. The molecule has 0 aliphatic rings. The van der Waals surface area contributed by atoms with Crippen LogP contribution in [0.5, 0.6) is 0 Å². The Balaban J connectivity index is 1.72. The molecule has 0 aliphatic carbocycles. The number of nitrogens with one attached hydrogen (secondary N) is 1. The van der Waals surface area contributed by atoms with E-state index in [4.69, 9.17) is 5.14 Å². The number of benzene rings is 2. The first kappa shape index (κ1) is 21.0. The maximum Gasteiger partial charge on any atom is 0.322 e. The molecule has 8 heteroatoms. The predicted octanol–water partition coefficient (Wildman–Crippen LogP) is 3.98. The van der Waals surface area contributed by atoms with Crippen molar-refractivity contribution in [3.8, 4) is 0 Å². The van der Waals surface area contributed by atoms with E-state index in [-0.39, 0.29) is 10.9 Å². The van der Waals surface area contributed by atoms with E-state index in [9.17, 15) is 13.2 Å². The van der Waals surface area contributed by atoms with Crippen LogP contribution in [0, 0.1) is 6.92 Å². The average molecular weight is 430 g/mol. The van der Waals surface area contributed by atoms with Gasteiger partial charge >= 0.3 is 6.03 Å². The highest BCUT2D eigenvalue weighted by molar-refractivity contribution is 7.89. The first-order valence-corrected chi connectivity index (χ1v) is 11.5. The molecule has 0 atom stereocenters. The first-order chi connectivity index (χ1) is 13.8. The van der Waals surface area contributed by atoms with Crippen molar-refractivity contribution >= 4 is 33.1 Å². The van der Waals surface area contributed by atoms with Crippen LogP contribution in [0.25, 0.3) is 0 Å². The van der Waals surface area contributed by atoms with Crippen molar-refractivity contribution in [3.63, 3.8) is 0 Å². The molecule has 0 aliphatic heterocycles. The number of aryl methyl sites for hydroxylation is 1. The number of carbonyl (C=O) groups excluding carboxylic acids is 1. The van der Waals surface area contributed by atoms with Crippen LogP contribution in [0.4, 0.5) is 10.5 Å². The van der Waals surface area contributed by atoms with E-state index < -0.39 is 10.0 Å². The standard InChI is InChI=1S/C21H23N3O3S2/c1-16-7-10-19(28-16)15-24(14-13-17-5-3-2-4-6-17)21(25)23-18-8-11-20(12-9-18)29(22,26)27/h2-12H,13-15H2,1H3,(H,23,25)(H2,22,26,27). The topological polar surface area (TPSA) is 92.5 Å². The molecule has 3 rings (SSSR count). The van der Waals surface area contributed by atoms with Gasteiger partial charge in [0.05, 0.1) is 11.4 Å². The maximum atomic E-state index is 12.9. The fourth-order valence-corrected chi connectivity index (χ4v) is 4.27. The predicted molar refractivity (Wildman–Crippen MR) is 116 cm³/mol. The van der Waals surface area contributed by atoms with Crippen molar-refractivity contribution in [1.29, 1.82) is 0 Å². The van der Waals surface area contributed by atoms with Crippen LogP contribution in [-0.4, -0.2) is 25.9 Å². The van der Waals surface area contributed by atoms with Gasteiger partial charge in [-0.1, -0.05) is 30.3 Å². The van der Waals surface area contributed by atoms with Crippen molar-refractivity contribution in [3.05, 3.63) is 82.0 Å². The third-order valence-electron chi connectivity index (χ3n) is 4.38. The Kier molecular flexibility index (Phi) is 6.68.